The van der Waals surface area contributed by atoms with Gasteiger partial charge in [-0.1, -0.05) is 6.07 Å². The lowest BCUT2D eigenvalue weighted by molar-refractivity contribution is -0.117. The van der Waals surface area contributed by atoms with Crippen molar-refractivity contribution in [2.24, 2.45) is 0 Å². The fourth-order valence-electron chi connectivity index (χ4n) is 2.23. The van der Waals surface area contributed by atoms with Gasteiger partial charge in [-0.2, -0.15) is 0 Å². The van der Waals surface area contributed by atoms with Crippen LogP contribution in [0, 0.1) is 13.8 Å². The van der Waals surface area contributed by atoms with E-state index < -0.39 is 10.0 Å². The van der Waals surface area contributed by atoms with E-state index in [1.807, 2.05) is 32.0 Å². The van der Waals surface area contributed by atoms with Crippen LogP contribution < -0.4 is 9.62 Å². The van der Waals surface area contributed by atoms with Gasteiger partial charge in [0.1, 0.15) is 0 Å². The summed E-state index contributed by atoms with van der Waals surface area (Å²) in [4.78, 5) is 13.6. The molecule has 0 spiro atoms. The maximum Gasteiger partial charge on any atom is 0.228 e. The van der Waals surface area contributed by atoms with Gasteiger partial charge in [-0.05, 0) is 37.1 Å². The van der Waals surface area contributed by atoms with Crippen molar-refractivity contribution < 1.29 is 13.2 Å². The molecule has 0 bridgehead atoms. The molecule has 5 nitrogen and oxygen atoms in total. The number of anilines is 1. The Morgan fingerprint density at radius 3 is 2.53 bits per heavy atom. The van der Waals surface area contributed by atoms with E-state index in [1.165, 1.54) is 5.56 Å². The quantitative estimate of drug-likeness (QED) is 0.898. The van der Waals surface area contributed by atoms with Gasteiger partial charge >= 0.3 is 0 Å². The first-order chi connectivity index (χ1) is 8.76. The van der Waals surface area contributed by atoms with E-state index in [0.717, 1.165) is 17.5 Å². The highest BCUT2D eigenvalue weighted by atomic mass is 32.2. The second-order valence-electron chi connectivity index (χ2n) is 5.06. The van der Waals surface area contributed by atoms with Crippen molar-refractivity contribution in [3.63, 3.8) is 0 Å². The van der Waals surface area contributed by atoms with Crippen LogP contribution >= 0.6 is 0 Å². The standard InChI is InChI=1S/C13H18N2O3S/c1-9-4-5-12(6-10(9)2)15-8-11(7-13(15)16)14-19(3,17)18/h4-6,11,14H,7-8H2,1-3H3/t11-/m0/s1. The van der Waals surface area contributed by atoms with Crippen molar-refractivity contribution in [1.82, 2.24) is 4.72 Å². The van der Waals surface area contributed by atoms with E-state index in [1.54, 1.807) is 4.90 Å². The molecule has 6 heteroatoms. The van der Waals surface area contributed by atoms with Crippen LogP contribution in [0.1, 0.15) is 17.5 Å². The molecule has 1 saturated heterocycles. The maximum absolute atomic E-state index is 12.0. The SMILES string of the molecule is Cc1ccc(N2C[C@@H](NS(C)(=O)=O)CC2=O)cc1C. The van der Waals surface area contributed by atoms with Crippen LogP contribution in [0.15, 0.2) is 18.2 Å². The van der Waals surface area contributed by atoms with Crippen LogP contribution in [0.5, 0.6) is 0 Å². The van der Waals surface area contributed by atoms with Crippen LogP contribution in [0.25, 0.3) is 0 Å². The largest absolute Gasteiger partial charge is 0.311 e. The van der Waals surface area contributed by atoms with Crippen molar-refractivity contribution >= 4 is 21.6 Å². The van der Waals surface area contributed by atoms with Crippen molar-refractivity contribution in [1.29, 1.82) is 0 Å². The topological polar surface area (TPSA) is 66.5 Å². The van der Waals surface area contributed by atoms with Gasteiger partial charge in [0.05, 0.1) is 6.26 Å². The number of carbonyl (C=O) groups excluding carboxylic acids is 1. The summed E-state index contributed by atoms with van der Waals surface area (Å²) in [6, 6.07) is 5.47. The zero-order chi connectivity index (χ0) is 14.2. The minimum atomic E-state index is -3.28. The number of sulfonamides is 1. The molecule has 1 aliphatic rings. The van der Waals surface area contributed by atoms with E-state index in [2.05, 4.69) is 4.72 Å². The summed E-state index contributed by atoms with van der Waals surface area (Å²) in [5, 5.41) is 0. The van der Waals surface area contributed by atoms with E-state index in [-0.39, 0.29) is 18.4 Å². The number of benzene rings is 1. The number of amides is 1. The number of carbonyl (C=O) groups is 1. The Morgan fingerprint density at radius 1 is 1.26 bits per heavy atom. The molecule has 0 saturated carbocycles. The first kappa shape index (κ1) is 14.0. The lowest BCUT2D eigenvalue weighted by atomic mass is 10.1. The zero-order valence-electron chi connectivity index (χ0n) is 11.3. The molecule has 1 atom stereocenters. The third kappa shape index (κ3) is 3.33. The van der Waals surface area contributed by atoms with Gasteiger partial charge in [-0.25, -0.2) is 13.1 Å². The van der Waals surface area contributed by atoms with Gasteiger partial charge in [0.2, 0.25) is 15.9 Å². The Labute approximate surface area is 113 Å². The monoisotopic (exact) mass is 282 g/mol. The fraction of sp³-hybridized carbons (Fsp3) is 0.462. The van der Waals surface area contributed by atoms with Gasteiger partial charge in [-0.15, -0.1) is 0 Å². The molecule has 19 heavy (non-hydrogen) atoms. The van der Waals surface area contributed by atoms with Crippen LogP contribution in [0.2, 0.25) is 0 Å². The molecule has 1 aliphatic heterocycles. The second-order valence-corrected chi connectivity index (χ2v) is 6.84. The van der Waals surface area contributed by atoms with Crippen LogP contribution in [0.4, 0.5) is 5.69 Å². The van der Waals surface area contributed by atoms with Gasteiger partial charge in [0.25, 0.3) is 0 Å². The Bertz CT molecular complexity index is 610. The number of nitrogens with one attached hydrogen (secondary N) is 1. The fourth-order valence-corrected chi connectivity index (χ4v) is 3.00. The summed E-state index contributed by atoms with van der Waals surface area (Å²) in [7, 11) is -3.28. The molecule has 0 unspecified atom stereocenters. The summed E-state index contributed by atoms with van der Waals surface area (Å²) in [5.74, 6) is -0.0515. The predicted molar refractivity (Wildman–Crippen MR) is 74.7 cm³/mol. The predicted octanol–water partition coefficient (Wildman–Crippen LogP) is 0.958. The molecule has 0 aliphatic carbocycles. The summed E-state index contributed by atoms with van der Waals surface area (Å²) < 4.78 is 24.9. The van der Waals surface area contributed by atoms with E-state index >= 15 is 0 Å². The smallest absolute Gasteiger partial charge is 0.228 e. The first-order valence-corrected chi connectivity index (χ1v) is 8.00. The Balaban J connectivity index is 2.18. The van der Waals surface area contributed by atoms with Crippen molar-refractivity contribution in [3.05, 3.63) is 29.3 Å². The summed E-state index contributed by atoms with van der Waals surface area (Å²) in [6.45, 7) is 4.39. The molecule has 1 aromatic carbocycles. The first-order valence-electron chi connectivity index (χ1n) is 6.11. The number of hydrogen-bond donors (Lipinski definition) is 1. The Morgan fingerprint density at radius 2 is 1.95 bits per heavy atom. The zero-order valence-corrected chi connectivity index (χ0v) is 12.1. The van der Waals surface area contributed by atoms with Gasteiger partial charge < -0.3 is 4.90 Å². The lowest BCUT2D eigenvalue weighted by Crippen LogP contribution is -2.36. The highest BCUT2D eigenvalue weighted by molar-refractivity contribution is 7.88. The lowest BCUT2D eigenvalue weighted by Gasteiger charge is -2.18. The van der Waals surface area contributed by atoms with Gasteiger partial charge in [0.15, 0.2) is 0 Å². The second kappa shape index (κ2) is 4.94. The molecule has 1 amide bonds. The molecular weight excluding hydrogens is 264 g/mol. The molecular formula is C13H18N2O3S. The van der Waals surface area contributed by atoms with E-state index in [4.69, 9.17) is 0 Å². The highest BCUT2D eigenvalue weighted by Gasteiger charge is 2.32. The third-order valence-corrected chi connectivity index (χ3v) is 4.07. The summed E-state index contributed by atoms with van der Waals surface area (Å²) >= 11 is 0. The summed E-state index contributed by atoms with van der Waals surface area (Å²) in [6.07, 6.45) is 1.32. The highest BCUT2D eigenvalue weighted by Crippen LogP contribution is 2.24. The van der Waals surface area contributed by atoms with Crippen molar-refractivity contribution in [2.45, 2.75) is 26.3 Å². The maximum atomic E-state index is 12.0. The van der Waals surface area contributed by atoms with E-state index in [0.29, 0.717) is 6.54 Å². The Hall–Kier alpha value is -1.40. The number of aryl methyl sites for hydroxylation is 2. The van der Waals surface area contributed by atoms with Crippen LogP contribution in [0.3, 0.4) is 0 Å². The number of rotatable bonds is 3. The molecule has 1 heterocycles. The third-order valence-electron chi connectivity index (χ3n) is 3.31. The molecule has 0 aromatic heterocycles. The van der Waals surface area contributed by atoms with E-state index in [9.17, 15) is 13.2 Å². The van der Waals surface area contributed by atoms with Crippen LogP contribution in [-0.4, -0.2) is 33.2 Å². The van der Waals surface area contributed by atoms with Gasteiger partial charge in [-0.3, -0.25) is 4.79 Å². The minimum absolute atomic E-state index is 0.0515. The summed E-state index contributed by atoms with van der Waals surface area (Å²) in [5.41, 5.74) is 3.11. The molecule has 2 rings (SSSR count). The van der Waals surface area contributed by atoms with Gasteiger partial charge in [0, 0.05) is 24.7 Å². The minimum Gasteiger partial charge on any atom is -0.311 e. The molecule has 104 valence electrons. The molecule has 0 radical (unpaired) electrons. The number of nitrogens with zero attached hydrogens (tertiary/aromatic N) is 1. The molecule has 1 N–H and O–H groups in total. The Kier molecular flexibility index (Phi) is 3.64. The average molecular weight is 282 g/mol. The normalized spacial score (nSPS) is 20.1. The molecule has 1 fully saturated rings. The van der Waals surface area contributed by atoms with Crippen LogP contribution in [-0.2, 0) is 14.8 Å². The van der Waals surface area contributed by atoms with Crippen molar-refractivity contribution in [3.8, 4) is 0 Å². The van der Waals surface area contributed by atoms with Crippen molar-refractivity contribution in [2.75, 3.05) is 17.7 Å². The number of hydrogen-bond acceptors (Lipinski definition) is 3. The molecule has 1 aromatic rings. The average Bonchev–Trinajstić information content (AvgIpc) is 2.61.